The average Bonchev–Trinajstić information content (AvgIpc) is 2.52. The SMILES string of the molecule is O=C(Nc1cc(C(F)(F)F)cc(C(F)(F)F)c1)NS(=O)(=O)c1ccc(Cl)cc1. The molecule has 28 heavy (non-hydrogen) atoms. The van der Waals surface area contributed by atoms with Crippen LogP contribution in [0.2, 0.25) is 5.02 Å². The van der Waals surface area contributed by atoms with E-state index in [9.17, 15) is 39.6 Å². The number of sulfonamides is 1. The molecule has 0 spiro atoms. The normalized spacial score (nSPS) is 12.5. The molecule has 0 atom stereocenters. The Morgan fingerprint density at radius 2 is 1.32 bits per heavy atom. The highest BCUT2D eigenvalue weighted by Crippen LogP contribution is 2.37. The lowest BCUT2D eigenvalue weighted by Crippen LogP contribution is -2.34. The van der Waals surface area contributed by atoms with E-state index < -0.39 is 50.1 Å². The van der Waals surface area contributed by atoms with Gasteiger partial charge in [0.1, 0.15) is 0 Å². The van der Waals surface area contributed by atoms with Gasteiger partial charge in [-0.25, -0.2) is 17.9 Å². The van der Waals surface area contributed by atoms with E-state index in [0.29, 0.717) is 0 Å². The number of urea groups is 1. The summed E-state index contributed by atoms with van der Waals surface area (Å²) in [6.45, 7) is 0. The van der Waals surface area contributed by atoms with Crippen LogP contribution in [0.25, 0.3) is 0 Å². The first-order chi connectivity index (χ1) is 12.7. The standard InChI is InChI=1S/C15H9ClF6N2O3S/c16-10-1-3-12(4-2-10)28(26,27)24-13(25)23-11-6-8(14(17,18)19)5-9(7-11)15(20,21)22/h1-7H,(H2,23,24,25). The summed E-state index contributed by atoms with van der Waals surface area (Å²) in [5, 5.41) is 1.85. The third-order valence-corrected chi connectivity index (χ3v) is 4.80. The van der Waals surface area contributed by atoms with Crippen molar-refractivity contribution in [2.75, 3.05) is 5.32 Å². The molecule has 0 saturated carbocycles. The Balaban J connectivity index is 2.29. The zero-order chi connectivity index (χ0) is 21.3. The van der Waals surface area contributed by atoms with Crippen LogP contribution >= 0.6 is 11.6 Å². The number of carbonyl (C=O) groups excluding carboxylic acids is 1. The maximum absolute atomic E-state index is 12.8. The number of halogens is 7. The van der Waals surface area contributed by atoms with Crippen molar-refractivity contribution in [3.05, 3.63) is 58.6 Å². The molecular weight excluding hydrogens is 438 g/mol. The Labute approximate surface area is 159 Å². The topological polar surface area (TPSA) is 75.3 Å². The molecule has 0 aliphatic carbocycles. The van der Waals surface area contributed by atoms with Gasteiger partial charge in [0, 0.05) is 10.7 Å². The van der Waals surface area contributed by atoms with Crippen LogP contribution in [0.3, 0.4) is 0 Å². The number of carbonyl (C=O) groups is 1. The monoisotopic (exact) mass is 446 g/mol. The van der Waals surface area contributed by atoms with Gasteiger partial charge in [-0.2, -0.15) is 26.3 Å². The highest BCUT2D eigenvalue weighted by atomic mass is 35.5. The van der Waals surface area contributed by atoms with Crippen molar-refractivity contribution in [1.29, 1.82) is 0 Å². The van der Waals surface area contributed by atoms with Gasteiger partial charge in [0.25, 0.3) is 10.0 Å². The predicted octanol–water partition coefficient (Wildman–Crippen LogP) is 4.89. The molecule has 0 fully saturated rings. The van der Waals surface area contributed by atoms with Gasteiger partial charge in [-0.1, -0.05) is 11.6 Å². The van der Waals surface area contributed by atoms with Gasteiger partial charge in [-0.05, 0) is 42.5 Å². The van der Waals surface area contributed by atoms with E-state index in [2.05, 4.69) is 0 Å². The Morgan fingerprint density at radius 1 is 0.857 bits per heavy atom. The summed E-state index contributed by atoms with van der Waals surface area (Å²) in [6.07, 6.45) is -10.2. The molecule has 0 unspecified atom stereocenters. The van der Waals surface area contributed by atoms with Crippen LogP contribution in [-0.4, -0.2) is 14.4 Å². The van der Waals surface area contributed by atoms with Crippen LogP contribution in [0.4, 0.5) is 36.8 Å². The van der Waals surface area contributed by atoms with Crippen molar-refractivity contribution in [1.82, 2.24) is 4.72 Å². The fourth-order valence-electron chi connectivity index (χ4n) is 1.98. The third kappa shape index (κ3) is 5.52. The zero-order valence-electron chi connectivity index (χ0n) is 13.3. The maximum atomic E-state index is 12.8. The molecule has 0 radical (unpaired) electrons. The van der Waals surface area contributed by atoms with Crippen molar-refractivity contribution in [3.63, 3.8) is 0 Å². The van der Waals surface area contributed by atoms with Crippen molar-refractivity contribution in [2.45, 2.75) is 17.2 Å². The number of nitrogens with one attached hydrogen (secondary N) is 2. The summed E-state index contributed by atoms with van der Waals surface area (Å²) >= 11 is 5.60. The molecule has 2 N–H and O–H groups in total. The number of amides is 2. The van der Waals surface area contributed by atoms with Crippen LogP contribution in [-0.2, 0) is 22.4 Å². The molecule has 0 bridgehead atoms. The minimum absolute atomic E-state index is 0.131. The molecule has 13 heteroatoms. The Morgan fingerprint density at radius 3 is 1.75 bits per heavy atom. The third-order valence-electron chi connectivity index (χ3n) is 3.20. The summed E-state index contributed by atoms with van der Waals surface area (Å²) < 4.78 is 102. The molecule has 0 aliphatic heterocycles. The van der Waals surface area contributed by atoms with Crippen LogP contribution in [0, 0.1) is 0 Å². The van der Waals surface area contributed by atoms with Gasteiger partial charge in [-0.3, -0.25) is 0 Å². The number of alkyl halides is 6. The minimum Gasteiger partial charge on any atom is -0.307 e. The van der Waals surface area contributed by atoms with Gasteiger partial charge in [-0.15, -0.1) is 0 Å². The first kappa shape index (κ1) is 21.8. The second-order valence-electron chi connectivity index (χ2n) is 5.31. The number of hydrogen-bond acceptors (Lipinski definition) is 3. The van der Waals surface area contributed by atoms with Gasteiger partial charge in [0.2, 0.25) is 0 Å². The minimum atomic E-state index is -5.12. The number of hydrogen-bond donors (Lipinski definition) is 2. The summed E-state index contributed by atoms with van der Waals surface area (Å²) in [6, 6.07) is 3.30. The van der Waals surface area contributed by atoms with Crippen molar-refractivity contribution < 1.29 is 39.6 Å². The highest BCUT2D eigenvalue weighted by Gasteiger charge is 2.37. The first-order valence-electron chi connectivity index (χ1n) is 7.07. The lowest BCUT2D eigenvalue weighted by Gasteiger charge is -2.15. The predicted molar refractivity (Wildman–Crippen MR) is 87.2 cm³/mol. The molecular formula is C15H9ClF6N2O3S. The van der Waals surface area contributed by atoms with Crippen LogP contribution in [0.1, 0.15) is 11.1 Å². The van der Waals surface area contributed by atoms with Gasteiger partial charge < -0.3 is 5.32 Å². The number of anilines is 1. The molecule has 0 saturated heterocycles. The molecule has 5 nitrogen and oxygen atoms in total. The molecule has 2 amide bonds. The smallest absolute Gasteiger partial charge is 0.307 e. The van der Waals surface area contributed by atoms with Crippen molar-refractivity contribution in [3.8, 4) is 0 Å². The lowest BCUT2D eigenvalue weighted by molar-refractivity contribution is -0.143. The number of benzene rings is 2. The van der Waals surface area contributed by atoms with E-state index in [4.69, 9.17) is 11.6 Å². The fourth-order valence-corrected chi connectivity index (χ4v) is 3.01. The molecule has 0 heterocycles. The summed E-state index contributed by atoms with van der Waals surface area (Å²) in [5.74, 6) is 0. The Hall–Kier alpha value is -2.47. The highest BCUT2D eigenvalue weighted by molar-refractivity contribution is 7.90. The molecule has 0 aliphatic rings. The Kier molecular flexibility index (Phi) is 5.85. The fraction of sp³-hybridized carbons (Fsp3) is 0.133. The van der Waals surface area contributed by atoms with Gasteiger partial charge in [0.05, 0.1) is 16.0 Å². The molecule has 2 aromatic carbocycles. The molecule has 0 aromatic heterocycles. The maximum Gasteiger partial charge on any atom is 0.416 e. The van der Waals surface area contributed by atoms with E-state index in [1.165, 1.54) is 16.9 Å². The van der Waals surface area contributed by atoms with Crippen molar-refractivity contribution in [2.24, 2.45) is 0 Å². The molecule has 152 valence electrons. The van der Waals surface area contributed by atoms with Crippen LogP contribution in [0.5, 0.6) is 0 Å². The van der Waals surface area contributed by atoms with E-state index in [1.54, 1.807) is 5.32 Å². The Bertz CT molecular complexity index is 956. The molecule has 2 aromatic rings. The van der Waals surface area contributed by atoms with E-state index >= 15 is 0 Å². The lowest BCUT2D eigenvalue weighted by atomic mass is 10.1. The van der Waals surface area contributed by atoms with Crippen LogP contribution < -0.4 is 10.0 Å². The average molecular weight is 447 g/mol. The second kappa shape index (κ2) is 7.51. The second-order valence-corrected chi connectivity index (χ2v) is 7.43. The summed E-state index contributed by atoms with van der Waals surface area (Å²) in [5.41, 5.74) is -4.23. The number of rotatable bonds is 3. The quantitative estimate of drug-likeness (QED) is 0.659. The van der Waals surface area contributed by atoms with E-state index in [-0.39, 0.29) is 23.2 Å². The van der Waals surface area contributed by atoms with E-state index in [1.807, 2.05) is 0 Å². The van der Waals surface area contributed by atoms with E-state index in [0.717, 1.165) is 12.1 Å². The zero-order valence-corrected chi connectivity index (χ0v) is 14.9. The van der Waals surface area contributed by atoms with Crippen molar-refractivity contribution >= 4 is 33.3 Å². The van der Waals surface area contributed by atoms with Gasteiger partial charge in [0.15, 0.2) is 0 Å². The van der Waals surface area contributed by atoms with Crippen LogP contribution in [0.15, 0.2) is 47.4 Å². The van der Waals surface area contributed by atoms with Gasteiger partial charge >= 0.3 is 18.4 Å². The summed E-state index contributed by atoms with van der Waals surface area (Å²) in [4.78, 5) is 11.4. The largest absolute Gasteiger partial charge is 0.416 e. The molecule has 2 rings (SSSR count). The first-order valence-corrected chi connectivity index (χ1v) is 8.93. The summed E-state index contributed by atoms with van der Waals surface area (Å²) in [7, 11) is -4.44.